The van der Waals surface area contributed by atoms with Crippen LogP contribution in [0.4, 0.5) is 5.82 Å². The Hall–Kier alpha value is -2.58. The van der Waals surface area contributed by atoms with Crippen LogP contribution in [-0.2, 0) is 7.05 Å². The minimum absolute atomic E-state index is 0.178. The second-order valence-electron chi connectivity index (χ2n) is 3.83. The average Bonchev–Trinajstić information content (AvgIpc) is 2.82. The van der Waals surface area contributed by atoms with Crippen molar-refractivity contribution in [1.29, 1.82) is 0 Å². The lowest BCUT2D eigenvalue weighted by Crippen LogP contribution is -2.14. The smallest absolute Gasteiger partial charge is 0.256 e. The number of aryl methyl sites for hydroxylation is 1. The molecule has 1 heterocycles. The molecular formula is C14H13N3O2. The van der Waals surface area contributed by atoms with Crippen LogP contribution < -0.4 is 5.32 Å². The van der Waals surface area contributed by atoms with Crippen molar-refractivity contribution in [3.63, 3.8) is 0 Å². The van der Waals surface area contributed by atoms with E-state index in [1.54, 1.807) is 48.3 Å². The molecule has 0 aliphatic rings. The zero-order valence-corrected chi connectivity index (χ0v) is 10.4. The Morgan fingerprint density at radius 3 is 2.68 bits per heavy atom. The lowest BCUT2D eigenvalue weighted by atomic mass is 10.1. The molecule has 5 heteroatoms. The van der Waals surface area contributed by atoms with Gasteiger partial charge in [0, 0.05) is 24.2 Å². The van der Waals surface area contributed by atoms with Gasteiger partial charge in [0.1, 0.15) is 12.4 Å². The number of carbonyl (C=O) groups excluding carboxylic acids is 1. The highest BCUT2D eigenvalue weighted by Gasteiger charge is 2.07. The zero-order valence-electron chi connectivity index (χ0n) is 10.4. The van der Waals surface area contributed by atoms with Gasteiger partial charge in [0.05, 0.1) is 6.20 Å². The van der Waals surface area contributed by atoms with Gasteiger partial charge in [-0.2, -0.15) is 5.10 Å². The first-order valence-electron chi connectivity index (χ1n) is 5.70. The Bertz CT molecular complexity index is 633. The van der Waals surface area contributed by atoms with Crippen LogP contribution in [-0.4, -0.2) is 27.4 Å². The normalized spacial score (nSPS) is 9.58. The molecule has 1 aromatic carbocycles. The summed E-state index contributed by atoms with van der Waals surface area (Å²) in [5.74, 6) is 5.75. The van der Waals surface area contributed by atoms with Crippen LogP contribution in [0.1, 0.15) is 15.9 Å². The number of nitrogens with zero attached hydrogens (tertiary/aromatic N) is 2. The summed E-state index contributed by atoms with van der Waals surface area (Å²) in [6.45, 7) is -0.178. The van der Waals surface area contributed by atoms with Gasteiger partial charge < -0.3 is 10.4 Å². The largest absolute Gasteiger partial charge is 0.384 e. The summed E-state index contributed by atoms with van der Waals surface area (Å²) >= 11 is 0. The molecule has 0 saturated carbocycles. The minimum Gasteiger partial charge on any atom is -0.384 e. The predicted molar refractivity (Wildman–Crippen MR) is 71.6 cm³/mol. The van der Waals surface area contributed by atoms with Gasteiger partial charge in [0.25, 0.3) is 5.91 Å². The van der Waals surface area contributed by atoms with Gasteiger partial charge in [-0.3, -0.25) is 9.48 Å². The number of hydrogen-bond acceptors (Lipinski definition) is 3. The first-order chi connectivity index (χ1) is 9.20. The van der Waals surface area contributed by atoms with E-state index in [1.165, 1.54) is 0 Å². The van der Waals surface area contributed by atoms with Crippen molar-refractivity contribution >= 4 is 11.7 Å². The van der Waals surface area contributed by atoms with Crippen molar-refractivity contribution in [2.75, 3.05) is 11.9 Å². The van der Waals surface area contributed by atoms with Crippen molar-refractivity contribution in [1.82, 2.24) is 9.78 Å². The van der Waals surface area contributed by atoms with E-state index < -0.39 is 0 Å². The molecule has 2 aromatic rings. The van der Waals surface area contributed by atoms with E-state index in [-0.39, 0.29) is 12.5 Å². The van der Waals surface area contributed by atoms with Gasteiger partial charge in [-0.05, 0) is 24.3 Å². The lowest BCUT2D eigenvalue weighted by Gasteiger charge is -2.05. The first-order valence-corrected chi connectivity index (χ1v) is 5.70. The Morgan fingerprint density at radius 1 is 1.37 bits per heavy atom. The fourth-order valence-electron chi connectivity index (χ4n) is 1.53. The van der Waals surface area contributed by atoms with Gasteiger partial charge in [0.15, 0.2) is 0 Å². The quantitative estimate of drug-likeness (QED) is 0.787. The van der Waals surface area contributed by atoms with Crippen LogP contribution in [0.25, 0.3) is 0 Å². The Kier molecular flexibility index (Phi) is 3.96. The van der Waals surface area contributed by atoms with E-state index in [9.17, 15) is 4.79 Å². The third-order valence-corrected chi connectivity index (χ3v) is 2.52. The molecule has 19 heavy (non-hydrogen) atoms. The fourth-order valence-corrected chi connectivity index (χ4v) is 1.53. The average molecular weight is 255 g/mol. The highest BCUT2D eigenvalue weighted by Crippen LogP contribution is 2.08. The first kappa shape index (κ1) is 12.9. The molecular weight excluding hydrogens is 242 g/mol. The van der Waals surface area contributed by atoms with E-state index in [0.29, 0.717) is 11.4 Å². The molecule has 0 saturated heterocycles. The maximum Gasteiger partial charge on any atom is 0.256 e. The van der Waals surface area contributed by atoms with Crippen molar-refractivity contribution in [2.24, 2.45) is 7.05 Å². The van der Waals surface area contributed by atoms with E-state index in [2.05, 4.69) is 22.3 Å². The molecule has 1 aromatic heterocycles. The molecule has 0 fully saturated rings. The third-order valence-electron chi connectivity index (χ3n) is 2.52. The molecule has 0 spiro atoms. The molecule has 0 unspecified atom stereocenters. The van der Waals surface area contributed by atoms with Gasteiger partial charge in [-0.1, -0.05) is 11.8 Å². The fraction of sp³-hybridized carbons (Fsp3) is 0.143. The third kappa shape index (κ3) is 3.21. The Balaban J connectivity index is 2.10. The number of hydrogen-bond donors (Lipinski definition) is 2. The molecule has 0 radical (unpaired) electrons. The number of nitrogens with one attached hydrogen (secondary N) is 1. The SMILES string of the molecule is Cn1nccc1NC(=O)c1ccc(C#CCO)cc1. The van der Waals surface area contributed by atoms with E-state index in [4.69, 9.17) is 5.11 Å². The molecule has 0 aliphatic carbocycles. The molecule has 96 valence electrons. The van der Waals surface area contributed by atoms with Crippen molar-refractivity contribution in [3.8, 4) is 11.8 Å². The van der Waals surface area contributed by atoms with Crippen molar-refractivity contribution < 1.29 is 9.90 Å². The van der Waals surface area contributed by atoms with Crippen LogP contribution >= 0.6 is 0 Å². The van der Waals surface area contributed by atoms with Crippen molar-refractivity contribution in [2.45, 2.75) is 0 Å². The molecule has 5 nitrogen and oxygen atoms in total. The molecule has 0 aliphatic heterocycles. The molecule has 0 atom stereocenters. The van der Waals surface area contributed by atoms with Crippen LogP contribution in [0.15, 0.2) is 36.5 Å². The number of amides is 1. The Labute approximate surface area is 110 Å². The molecule has 1 amide bonds. The van der Waals surface area contributed by atoms with Crippen LogP contribution in [0.3, 0.4) is 0 Å². The minimum atomic E-state index is -0.203. The number of benzene rings is 1. The van der Waals surface area contributed by atoms with Crippen LogP contribution in [0.2, 0.25) is 0 Å². The van der Waals surface area contributed by atoms with Gasteiger partial charge in [-0.25, -0.2) is 0 Å². The summed E-state index contributed by atoms with van der Waals surface area (Å²) in [7, 11) is 1.75. The highest BCUT2D eigenvalue weighted by molar-refractivity contribution is 6.03. The second kappa shape index (κ2) is 5.85. The zero-order chi connectivity index (χ0) is 13.7. The van der Waals surface area contributed by atoms with E-state index >= 15 is 0 Å². The number of rotatable bonds is 2. The Morgan fingerprint density at radius 2 is 2.11 bits per heavy atom. The monoisotopic (exact) mass is 255 g/mol. The number of aliphatic hydroxyl groups is 1. The summed E-state index contributed by atoms with van der Waals surface area (Å²) in [5, 5.41) is 15.3. The van der Waals surface area contributed by atoms with Crippen molar-refractivity contribution in [3.05, 3.63) is 47.7 Å². The van der Waals surface area contributed by atoms with E-state index in [0.717, 1.165) is 5.56 Å². The van der Waals surface area contributed by atoms with E-state index in [1.807, 2.05) is 0 Å². The summed E-state index contributed by atoms with van der Waals surface area (Å²) in [6, 6.07) is 8.57. The standard InChI is InChI=1S/C14H13N3O2/c1-17-13(8-9-15-17)16-14(19)12-6-4-11(5-7-12)3-2-10-18/h4-9,18H,10H2,1H3,(H,16,19). The van der Waals surface area contributed by atoms with Crippen LogP contribution in [0, 0.1) is 11.8 Å². The summed E-state index contributed by atoms with van der Waals surface area (Å²) in [4.78, 5) is 12.0. The van der Waals surface area contributed by atoms with Crippen LogP contribution in [0.5, 0.6) is 0 Å². The number of anilines is 1. The van der Waals surface area contributed by atoms with Gasteiger partial charge in [0.2, 0.25) is 0 Å². The summed E-state index contributed by atoms with van der Waals surface area (Å²) in [5.41, 5.74) is 1.29. The number of aromatic nitrogens is 2. The highest BCUT2D eigenvalue weighted by atomic mass is 16.2. The maximum absolute atomic E-state index is 12.0. The topological polar surface area (TPSA) is 67.2 Å². The number of carbonyl (C=O) groups is 1. The predicted octanol–water partition coefficient (Wildman–Crippen LogP) is 1.02. The molecule has 2 rings (SSSR count). The lowest BCUT2D eigenvalue weighted by molar-refractivity contribution is 0.102. The summed E-state index contributed by atoms with van der Waals surface area (Å²) in [6.07, 6.45) is 1.61. The maximum atomic E-state index is 12.0. The molecule has 2 N–H and O–H groups in total. The van der Waals surface area contributed by atoms with Gasteiger partial charge >= 0.3 is 0 Å². The number of aliphatic hydroxyl groups excluding tert-OH is 1. The molecule has 0 bridgehead atoms. The summed E-state index contributed by atoms with van der Waals surface area (Å²) < 4.78 is 1.58. The van der Waals surface area contributed by atoms with Gasteiger partial charge in [-0.15, -0.1) is 0 Å². The second-order valence-corrected chi connectivity index (χ2v) is 3.83.